The maximum atomic E-state index is 12.8. The van der Waals surface area contributed by atoms with Gasteiger partial charge in [-0.3, -0.25) is 14.5 Å². The van der Waals surface area contributed by atoms with E-state index in [2.05, 4.69) is 10.2 Å². The molecule has 2 saturated heterocycles. The summed E-state index contributed by atoms with van der Waals surface area (Å²) in [5.74, 6) is 2.89. The van der Waals surface area contributed by atoms with Gasteiger partial charge in [0.05, 0.1) is 6.54 Å². The summed E-state index contributed by atoms with van der Waals surface area (Å²) in [5, 5.41) is 3.47. The Bertz CT molecular complexity index is 558. The maximum Gasteiger partial charge on any atom is 0.251 e. The molecule has 1 atom stereocenters. The summed E-state index contributed by atoms with van der Waals surface area (Å²) in [5.41, 5.74) is 0.101. The second kappa shape index (κ2) is 7.03. The van der Waals surface area contributed by atoms with Gasteiger partial charge in [-0.1, -0.05) is 0 Å². The Labute approximate surface area is 162 Å². The summed E-state index contributed by atoms with van der Waals surface area (Å²) in [6, 6.07) is 0. The Balaban J connectivity index is 1.10. The minimum atomic E-state index is -0.226. The van der Waals surface area contributed by atoms with Crippen molar-refractivity contribution >= 4 is 11.8 Å². The summed E-state index contributed by atoms with van der Waals surface area (Å²) in [7, 11) is 0. The van der Waals surface area contributed by atoms with Gasteiger partial charge in [0.2, 0.25) is 5.91 Å². The molecule has 0 radical (unpaired) electrons. The first-order valence-corrected chi connectivity index (χ1v) is 11.0. The Kier molecular flexibility index (Phi) is 4.67. The second-order valence-corrected chi connectivity index (χ2v) is 9.85. The Morgan fingerprint density at radius 1 is 0.963 bits per heavy atom. The Hall–Kier alpha value is -1.14. The third-order valence-electron chi connectivity index (χ3n) is 7.70. The monoisotopic (exact) mass is 375 g/mol. The molecule has 2 heterocycles. The van der Waals surface area contributed by atoms with Crippen LogP contribution in [-0.4, -0.2) is 72.6 Å². The highest BCUT2D eigenvalue weighted by atomic mass is 16.5. The van der Waals surface area contributed by atoms with E-state index in [9.17, 15) is 9.59 Å². The number of rotatable bonds is 4. The zero-order valence-electron chi connectivity index (χ0n) is 16.3. The smallest absolute Gasteiger partial charge is 0.251 e. The van der Waals surface area contributed by atoms with Crippen molar-refractivity contribution in [2.75, 3.05) is 39.3 Å². The minimum absolute atomic E-state index is 0.101. The van der Waals surface area contributed by atoms with Crippen molar-refractivity contribution in [3.63, 3.8) is 0 Å². The molecule has 27 heavy (non-hydrogen) atoms. The van der Waals surface area contributed by atoms with E-state index in [0.717, 1.165) is 43.7 Å². The van der Waals surface area contributed by atoms with Crippen LogP contribution in [0.15, 0.2) is 0 Å². The molecule has 0 unspecified atom stereocenters. The maximum absolute atomic E-state index is 12.8. The standard InChI is InChI=1S/C21H33N3O3/c25-19(22-21-11-15-8-16(12-21)10-17(9-15)13-21)14-23-3-5-24(6-4-23)20(26)18-2-1-7-27-18/h15-18H,1-14H2,(H,22,25)/t15?,16?,17?,18-,21?/m1/s1. The summed E-state index contributed by atoms with van der Waals surface area (Å²) in [4.78, 5) is 29.3. The topological polar surface area (TPSA) is 61.9 Å². The normalized spacial score (nSPS) is 41.1. The fraction of sp³-hybridized carbons (Fsp3) is 0.905. The van der Waals surface area contributed by atoms with Crippen molar-refractivity contribution in [2.45, 2.75) is 63.0 Å². The SMILES string of the molecule is O=C(CN1CCN(C(=O)[C@H]2CCCO2)CC1)NC12CC3CC(CC(C3)C1)C2. The number of carbonyl (C=O) groups is 2. The van der Waals surface area contributed by atoms with Crippen LogP contribution in [0.3, 0.4) is 0 Å². The summed E-state index contributed by atoms with van der Waals surface area (Å²) in [6.07, 6.45) is 9.42. The highest BCUT2D eigenvalue weighted by Gasteiger charge is 2.51. The number of carbonyl (C=O) groups excluding carboxylic acids is 2. The number of hydrogen-bond donors (Lipinski definition) is 1. The molecule has 0 spiro atoms. The highest BCUT2D eigenvalue weighted by molar-refractivity contribution is 5.81. The zero-order valence-corrected chi connectivity index (χ0v) is 16.3. The predicted octanol–water partition coefficient (Wildman–Crippen LogP) is 1.39. The average Bonchev–Trinajstić information content (AvgIpc) is 3.14. The minimum Gasteiger partial charge on any atom is -0.368 e. The van der Waals surface area contributed by atoms with Gasteiger partial charge in [-0.15, -0.1) is 0 Å². The largest absolute Gasteiger partial charge is 0.368 e. The number of piperazine rings is 1. The van der Waals surface area contributed by atoms with Crippen molar-refractivity contribution in [3.8, 4) is 0 Å². The van der Waals surface area contributed by atoms with E-state index in [1.165, 1.54) is 38.5 Å². The first kappa shape index (κ1) is 17.9. The molecule has 1 N–H and O–H groups in total. The lowest BCUT2D eigenvalue weighted by Gasteiger charge is -2.57. The quantitative estimate of drug-likeness (QED) is 0.807. The molecule has 6 fully saturated rings. The summed E-state index contributed by atoms with van der Waals surface area (Å²) in [6.45, 7) is 4.18. The molecule has 6 aliphatic rings. The van der Waals surface area contributed by atoms with Crippen LogP contribution in [0.1, 0.15) is 51.4 Å². The van der Waals surface area contributed by atoms with E-state index in [-0.39, 0.29) is 23.5 Å². The third-order valence-corrected chi connectivity index (χ3v) is 7.70. The highest BCUT2D eigenvalue weighted by Crippen LogP contribution is 2.55. The average molecular weight is 376 g/mol. The predicted molar refractivity (Wildman–Crippen MR) is 101 cm³/mol. The fourth-order valence-corrected chi connectivity index (χ4v) is 6.90. The van der Waals surface area contributed by atoms with Crippen LogP contribution in [0, 0.1) is 17.8 Å². The molecule has 6 nitrogen and oxygen atoms in total. The molecule has 150 valence electrons. The van der Waals surface area contributed by atoms with Crippen molar-refractivity contribution in [1.29, 1.82) is 0 Å². The number of amides is 2. The van der Waals surface area contributed by atoms with Gasteiger partial charge in [0.1, 0.15) is 6.10 Å². The fourth-order valence-electron chi connectivity index (χ4n) is 6.90. The Morgan fingerprint density at radius 3 is 2.15 bits per heavy atom. The molecule has 6 rings (SSSR count). The van der Waals surface area contributed by atoms with Gasteiger partial charge >= 0.3 is 0 Å². The number of nitrogens with zero attached hydrogens (tertiary/aromatic N) is 2. The van der Waals surface area contributed by atoms with Crippen molar-refractivity contribution in [3.05, 3.63) is 0 Å². The molecule has 0 aromatic heterocycles. The van der Waals surface area contributed by atoms with Crippen LogP contribution in [-0.2, 0) is 14.3 Å². The molecular formula is C21H33N3O3. The molecule has 4 bridgehead atoms. The van der Waals surface area contributed by atoms with E-state index >= 15 is 0 Å². The van der Waals surface area contributed by atoms with Crippen LogP contribution in [0.25, 0.3) is 0 Å². The van der Waals surface area contributed by atoms with Gasteiger partial charge in [0.15, 0.2) is 0 Å². The van der Waals surface area contributed by atoms with E-state index < -0.39 is 0 Å². The Morgan fingerprint density at radius 2 is 1.59 bits per heavy atom. The number of ether oxygens (including phenoxy) is 1. The number of nitrogens with one attached hydrogen (secondary N) is 1. The van der Waals surface area contributed by atoms with Crippen LogP contribution in [0.2, 0.25) is 0 Å². The molecule has 2 amide bonds. The molecule has 4 aliphatic carbocycles. The third kappa shape index (κ3) is 3.63. The van der Waals surface area contributed by atoms with Gasteiger partial charge in [-0.05, 0) is 69.1 Å². The lowest BCUT2D eigenvalue weighted by Crippen LogP contribution is -2.61. The van der Waals surface area contributed by atoms with Crippen LogP contribution in [0.5, 0.6) is 0 Å². The molecule has 0 aromatic rings. The van der Waals surface area contributed by atoms with E-state index in [1.54, 1.807) is 0 Å². The second-order valence-electron chi connectivity index (χ2n) is 9.85. The summed E-state index contributed by atoms with van der Waals surface area (Å²) < 4.78 is 5.52. The van der Waals surface area contributed by atoms with Crippen molar-refractivity contribution in [2.24, 2.45) is 17.8 Å². The van der Waals surface area contributed by atoms with Gasteiger partial charge < -0.3 is 15.0 Å². The van der Waals surface area contributed by atoms with E-state index in [0.29, 0.717) is 26.2 Å². The van der Waals surface area contributed by atoms with Crippen LogP contribution in [0.4, 0.5) is 0 Å². The van der Waals surface area contributed by atoms with Gasteiger partial charge in [-0.2, -0.15) is 0 Å². The van der Waals surface area contributed by atoms with Gasteiger partial charge in [-0.25, -0.2) is 0 Å². The molecule has 6 heteroatoms. The van der Waals surface area contributed by atoms with Crippen molar-refractivity contribution < 1.29 is 14.3 Å². The van der Waals surface area contributed by atoms with E-state index in [1.807, 2.05) is 4.90 Å². The molecule has 2 aliphatic heterocycles. The van der Waals surface area contributed by atoms with Crippen molar-refractivity contribution in [1.82, 2.24) is 15.1 Å². The van der Waals surface area contributed by atoms with Gasteiger partial charge in [0, 0.05) is 38.3 Å². The lowest BCUT2D eigenvalue weighted by molar-refractivity contribution is -0.142. The van der Waals surface area contributed by atoms with Gasteiger partial charge in [0.25, 0.3) is 5.91 Å². The lowest BCUT2D eigenvalue weighted by atomic mass is 9.53. The molecule has 0 aromatic carbocycles. The molecular weight excluding hydrogens is 342 g/mol. The van der Waals surface area contributed by atoms with Crippen LogP contribution >= 0.6 is 0 Å². The molecule has 4 saturated carbocycles. The van der Waals surface area contributed by atoms with E-state index in [4.69, 9.17) is 4.74 Å². The zero-order chi connectivity index (χ0) is 18.4. The first-order chi connectivity index (χ1) is 13.1. The first-order valence-electron chi connectivity index (χ1n) is 11.0. The summed E-state index contributed by atoms with van der Waals surface area (Å²) >= 11 is 0. The number of hydrogen-bond acceptors (Lipinski definition) is 4. The van der Waals surface area contributed by atoms with Crippen LogP contribution < -0.4 is 5.32 Å².